The van der Waals surface area contributed by atoms with Gasteiger partial charge < -0.3 is 10.2 Å². The van der Waals surface area contributed by atoms with Gasteiger partial charge in [0.2, 0.25) is 5.91 Å². The van der Waals surface area contributed by atoms with Gasteiger partial charge in [-0.15, -0.1) is 0 Å². The van der Waals surface area contributed by atoms with Crippen molar-refractivity contribution in [2.75, 3.05) is 5.32 Å². The molecule has 2 aromatic rings. The molecule has 7 heteroatoms. The number of hydrogen-bond donors (Lipinski definition) is 1. The van der Waals surface area contributed by atoms with Gasteiger partial charge in [-0.2, -0.15) is 0 Å². The number of benzene rings is 1. The summed E-state index contributed by atoms with van der Waals surface area (Å²) < 4.78 is 0. The minimum absolute atomic E-state index is 0.0263. The van der Waals surface area contributed by atoms with Crippen molar-refractivity contribution in [3.63, 3.8) is 0 Å². The van der Waals surface area contributed by atoms with Gasteiger partial charge in [-0.1, -0.05) is 22.9 Å². The number of nitrogens with one attached hydrogen (secondary N) is 1. The van der Waals surface area contributed by atoms with Crippen LogP contribution in [0.5, 0.6) is 0 Å². The van der Waals surface area contributed by atoms with E-state index in [1.807, 2.05) is 24.0 Å². The highest BCUT2D eigenvalue weighted by atomic mass is 35.5. The topological polar surface area (TPSA) is 62.3 Å². The zero-order valence-corrected chi connectivity index (χ0v) is 17.4. The molecule has 142 valence electrons. The Hall–Kier alpha value is -1.92. The maximum Gasteiger partial charge on any atom is 0.256 e. The van der Waals surface area contributed by atoms with Crippen molar-refractivity contribution in [3.05, 3.63) is 34.0 Å². The van der Waals surface area contributed by atoms with Crippen molar-refractivity contribution in [3.8, 4) is 10.4 Å². The Morgan fingerprint density at radius 2 is 2.07 bits per heavy atom. The van der Waals surface area contributed by atoms with Crippen LogP contribution in [0.2, 0.25) is 5.02 Å². The van der Waals surface area contributed by atoms with Crippen LogP contribution in [0.1, 0.15) is 55.2 Å². The number of thiazole rings is 1. The molecule has 2 aliphatic rings. The fourth-order valence-electron chi connectivity index (χ4n) is 3.88. The maximum atomic E-state index is 13.0. The molecule has 0 atom stereocenters. The maximum absolute atomic E-state index is 13.0. The SMILES string of the molecule is CC(=O)Nc1nc(C)c(-c2cc(Cl)c3c(c2)CN(C(C)(C)C2CC2)C3=O)s1. The second-order valence-corrected chi connectivity index (χ2v) is 9.33. The van der Waals surface area contributed by atoms with Gasteiger partial charge in [-0.05, 0) is 62.8 Å². The van der Waals surface area contributed by atoms with Crippen molar-refractivity contribution >= 4 is 39.9 Å². The van der Waals surface area contributed by atoms with Crippen molar-refractivity contribution in [1.29, 1.82) is 0 Å². The summed E-state index contributed by atoms with van der Waals surface area (Å²) in [4.78, 5) is 31.7. The first-order valence-corrected chi connectivity index (χ1v) is 10.3. The third-order valence-corrected chi connectivity index (χ3v) is 6.99. The van der Waals surface area contributed by atoms with E-state index < -0.39 is 0 Å². The van der Waals surface area contributed by atoms with Gasteiger partial charge in [0.05, 0.1) is 21.2 Å². The lowest BCUT2D eigenvalue weighted by molar-refractivity contribution is -0.114. The average molecular weight is 404 g/mol. The summed E-state index contributed by atoms with van der Waals surface area (Å²) in [6.07, 6.45) is 2.36. The molecule has 1 aliphatic heterocycles. The van der Waals surface area contributed by atoms with Gasteiger partial charge >= 0.3 is 0 Å². The Kier molecular flexibility index (Phi) is 4.31. The fourth-order valence-corrected chi connectivity index (χ4v) is 5.20. The molecule has 2 heterocycles. The van der Waals surface area contributed by atoms with E-state index in [4.69, 9.17) is 11.6 Å². The van der Waals surface area contributed by atoms with E-state index in [9.17, 15) is 9.59 Å². The zero-order valence-electron chi connectivity index (χ0n) is 15.9. The molecule has 27 heavy (non-hydrogen) atoms. The lowest BCUT2D eigenvalue weighted by Crippen LogP contribution is -2.45. The van der Waals surface area contributed by atoms with E-state index in [1.165, 1.54) is 31.1 Å². The van der Waals surface area contributed by atoms with Crippen LogP contribution in [-0.4, -0.2) is 27.2 Å². The van der Waals surface area contributed by atoms with Crippen LogP contribution in [0.15, 0.2) is 12.1 Å². The van der Waals surface area contributed by atoms with Gasteiger partial charge in [-0.25, -0.2) is 4.98 Å². The number of nitrogens with zero attached hydrogens (tertiary/aromatic N) is 2. The van der Waals surface area contributed by atoms with E-state index in [2.05, 4.69) is 24.1 Å². The van der Waals surface area contributed by atoms with Crippen LogP contribution >= 0.6 is 22.9 Å². The molecule has 0 spiro atoms. The second kappa shape index (κ2) is 6.31. The van der Waals surface area contributed by atoms with Crippen molar-refractivity contribution in [2.45, 2.75) is 52.6 Å². The first-order chi connectivity index (χ1) is 12.7. The molecule has 2 amide bonds. The Balaban J connectivity index is 1.71. The Bertz CT molecular complexity index is 962. The minimum atomic E-state index is -0.154. The molecule has 1 N–H and O–H groups in total. The Morgan fingerprint density at radius 3 is 2.70 bits per heavy atom. The molecule has 0 bridgehead atoms. The van der Waals surface area contributed by atoms with Crippen LogP contribution in [0.25, 0.3) is 10.4 Å². The standard InChI is InChI=1S/C20H22ClN3O2S/c1-10-17(27-19(22-10)23-11(2)25)12-7-13-9-24(20(3,4)14-5-6-14)18(26)16(13)15(21)8-12/h7-8,14H,5-6,9H2,1-4H3,(H,22,23,25). The van der Waals surface area contributed by atoms with Crippen molar-refractivity contribution in [1.82, 2.24) is 9.88 Å². The predicted octanol–water partition coefficient (Wildman–Crippen LogP) is 4.87. The number of anilines is 1. The lowest BCUT2D eigenvalue weighted by Gasteiger charge is -2.36. The monoisotopic (exact) mass is 403 g/mol. The first kappa shape index (κ1) is 18.4. The molecule has 0 saturated heterocycles. The number of rotatable bonds is 4. The van der Waals surface area contributed by atoms with Gasteiger partial charge in [0.15, 0.2) is 5.13 Å². The van der Waals surface area contributed by atoms with Gasteiger partial charge in [0.25, 0.3) is 5.91 Å². The number of amides is 2. The van der Waals surface area contributed by atoms with Crippen molar-refractivity contribution in [2.24, 2.45) is 5.92 Å². The smallest absolute Gasteiger partial charge is 0.256 e. The predicted molar refractivity (Wildman–Crippen MR) is 108 cm³/mol. The number of fused-ring (bicyclic) bond motifs is 1. The number of aryl methyl sites for hydroxylation is 1. The van der Waals surface area contributed by atoms with Crippen molar-refractivity contribution < 1.29 is 9.59 Å². The van der Waals surface area contributed by atoms with E-state index in [0.717, 1.165) is 21.7 Å². The zero-order chi connectivity index (χ0) is 19.5. The largest absolute Gasteiger partial charge is 0.329 e. The summed E-state index contributed by atoms with van der Waals surface area (Å²) in [5.41, 5.74) is 3.20. The average Bonchev–Trinajstić information content (AvgIpc) is 3.29. The number of halogens is 1. The highest BCUT2D eigenvalue weighted by molar-refractivity contribution is 7.19. The summed E-state index contributed by atoms with van der Waals surface area (Å²) >= 11 is 7.96. The van der Waals surface area contributed by atoms with E-state index in [1.54, 1.807) is 0 Å². The second-order valence-electron chi connectivity index (χ2n) is 7.93. The normalized spacial score (nSPS) is 16.6. The summed E-state index contributed by atoms with van der Waals surface area (Å²) in [5.74, 6) is 0.446. The molecule has 1 aromatic heterocycles. The third-order valence-electron chi connectivity index (χ3n) is 5.57. The lowest BCUT2D eigenvalue weighted by atomic mass is 9.96. The molecule has 5 nitrogen and oxygen atoms in total. The van der Waals surface area contributed by atoms with Crippen LogP contribution in [-0.2, 0) is 11.3 Å². The molecular formula is C20H22ClN3O2S. The third kappa shape index (κ3) is 3.15. The fraction of sp³-hybridized carbons (Fsp3) is 0.450. The first-order valence-electron chi connectivity index (χ1n) is 9.08. The summed E-state index contributed by atoms with van der Waals surface area (Å²) in [6, 6.07) is 3.88. The molecule has 0 radical (unpaired) electrons. The number of hydrogen-bond acceptors (Lipinski definition) is 4. The van der Waals surface area contributed by atoms with Crippen LogP contribution in [0.4, 0.5) is 5.13 Å². The molecule has 1 fully saturated rings. The minimum Gasteiger partial charge on any atom is -0.329 e. The Morgan fingerprint density at radius 1 is 1.37 bits per heavy atom. The van der Waals surface area contributed by atoms with Crippen LogP contribution < -0.4 is 5.32 Å². The summed E-state index contributed by atoms with van der Waals surface area (Å²) in [6.45, 7) is 8.25. The van der Waals surface area contributed by atoms with Crippen LogP contribution in [0, 0.1) is 12.8 Å². The quantitative estimate of drug-likeness (QED) is 0.791. The van der Waals surface area contributed by atoms with Gasteiger partial charge in [0, 0.05) is 19.0 Å². The number of carbonyl (C=O) groups excluding carboxylic acids is 2. The highest BCUT2D eigenvalue weighted by Gasteiger charge is 2.47. The number of aromatic nitrogens is 1. The summed E-state index contributed by atoms with van der Waals surface area (Å²) in [7, 11) is 0. The van der Waals surface area contributed by atoms with E-state index >= 15 is 0 Å². The highest BCUT2D eigenvalue weighted by Crippen LogP contribution is 2.47. The molecule has 1 saturated carbocycles. The van der Waals surface area contributed by atoms with Gasteiger partial charge in [-0.3, -0.25) is 9.59 Å². The molecule has 4 rings (SSSR count). The van der Waals surface area contributed by atoms with E-state index in [-0.39, 0.29) is 17.4 Å². The molecule has 0 unspecified atom stereocenters. The van der Waals surface area contributed by atoms with Gasteiger partial charge in [0.1, 0.15) is 0 Å². The Labute approximate surface area is 167 Å². The summed E-state index contributed by atoms with van der Waals surface area (Å²) in [5, 5.41) is 3.78. The molecule has 1 aromatic carbocycles. The molecular weight excluding hydrogens is 382 g/mol. The van der Waals surface area contributed by atoms with Crippen LogP contribution in [0.3, 0.4) is 0 Å². The van der Waals surface area contributed by atoms with E-state index in [0.29, 0.717) is 28.2 Å². The number of carbonyl (C=O) groups is 2. The molecule has 1 aliphatic carbocycles.